The maximum Gasteiger partial charge on any atom is 0.362 e. The van der Waals surface area contributed by atoms with Crippen LogP contribution in [0.25, 0.3) is 0 Å². The Morgan fingerprint density at radius 1 is 1.48 bits per heavy atom. The molecular formula is C16H19N3O4. The van der Waals surface area contributed by atoms with Crippen molar-refractivity contribution in [1.29, 1.82) is 0 Å². The molecule has 0 aliphatic heterocycles. The van der Waals surface area contributed by atoms with Crippen LogP contribution < -0.4 is 4.74 Å². The van der Waals surface area contributed by atoms with Gasteiger partial charge in [0.05, 0.1) is 6.42 Å². The molecule has 1 unspecified atom stereocenters. The standard InChI is InChI=1S/C16H19N3O4/c1-15(2,3)8-9-16(22-4)7-5-6-11(10-16)23-13-12(14(20)21)17-19-18-13/h5-7H,10H2,1-4H3,(H,20,21)(H,17,18,19). The third-order valence-corrected chi connectivity index (χ3v) is 3.05. The Kier molecular flexibility index (Phi) is 4.57. The molecule has 1 aliphatic carbocycles. The highest BCUT2D eigenvalue weighted by Gasteiger charge is 2.30. The van der Waals surface area contributed by atoms with Crippen molar-refractivity contribution in [1.82, 2.24) is 15.4 Å². The molecule has 1 heterocycles. The number of nitrogens with zero attached hydrogens (tertiary/aromatic N) is 2. The van der Waals surface area contributed by atoms with Crippen LogP contribution in [0.15, 0.2) is 24.0 Å². The normalized spacial score (nSPS) is 20.4. The van der Waals surface area contributed by atoms with E-state index in [-0.39, 0.29) is 17.0 Å². The first-order valence-corrected chi connectivity index (χ1v) is 7.05. The van der Waals surface area contributed by atoms with Gasteiger partial charge in [-0.2, -0.15) is 0 Å². The minimum absolute atomic E-state index is 0.0205. The summed E-state index contributed by atoms with van der Waals surface area (Å²) in [6.07, 6.45) is 5.69. The van der Waals surface area contributed by atoms with Gasteiger partial charge in [0.25, 0.3) is 0 Å². The lowest BCUT2D eigenvalue weighted by molar-refractivity contribution is 0.0679. The number of allylic oxidation sites excluding steroid dienone is 2. The molecule has 1 atom stereocenters. The second-order valence-corrected chi connectivity index (χ2v) is 6.16. The van der Waals surface area contributed by atoms with Gasteiger partial charge in [0.1, 0.15) is 5.76 Å². The van der Waals surface area contributed by atoms with Crippen molar-refractivity contribution in [3.8, 4) is 17.7 Å². The highest BCUT2D eigenvalue weighted by Crippen LogP contribution is 2.28. The topological polar surface area (TPSA) is 97.3 Å². The first kappa shape index (κ1) is 16.8. The molecule has 0 aromatic carbocycles. The number of carboxylic acids is 1. The van der Waals surface area contributed by atoms with Crippen molar-refractivity contribution >= 4 is 5.97 Å². The SMILES string of the molecule is COC1(C#CC(C)(C)C)C=CC=C(Oc2[nH]nnc2C(=O)O)C1. The van der Waals surface area contributed by atoms with Crippen molar-refractivity contribution < 1.29 is 19.4 Å². The van der Waals surface area contributed by atoms with E-state index in [0.717, 1.165) is 0 Å². The van der Waals surface area contributed by atoms with Crippen molar-refractivity contribution in [2.24, 2.45) is 5.41 Å². The summed E-state index contributed by atoms with van der Waals surface area (Å²) in [7, 11) is 1.57. The number of H-pyrrole nitrogens is 1. The molecule has 1 aromatic heterocycles. The van der Waals surface area contributed by atoms with Crippen LogP contribution in [-0.4, -0.2) is 39.2 Å². The molecule has 23 heavy (non-hydrogen) atoms. The smallest absolute Gasteiger partial charge is 0.362 e. The Morgan fingerprint density at radius 3 is 2.83 bits per heavy atom. The van der Waals surface area contributed by atoms with Gasteiger partial charge in [-0.15, -0.1) is 5.10 Å². The molecule has 7 nitrogen and oxygen atoms in total. The monoisotopic (exact) mass is 317 g/mol. The zero-order valence-electron chi connectivity index (χ0n) is 13.5. The highest BCUT2D eigenvalue weighted by atomic mass is 16.5. The van der Waals surface area contributed by atoms with Gasteiger partial charge in [-0.05, 0) is 32.9 Å². The van der Waals surface area contributed by atoms with Gasteiger partial charge in [-0.25, -0.2) is 9.89 Å². The molecule has 0 fully saturated rings. The zero-order chi connectivity index (χ0) is 17.1. The fourth-order valence-corrected chi connectivity index (χ4v) is 1.89. The molecule has 0 amide bonds. The molecule has 0 radical (unpaired) electrons. The largest absolute Gasteiger partial charge is 0.476 e. The number of hydrogen-bond acceptors (Lipinski definition) is 5. The van der Waals surface area contributed by atoms with Crippen LogP contribution in [0.1, 0.15) is 37.7 Å². The van der Waals surface area contributed by atoms with Crippen LogP contribution >= 0.6 is 0 Å². The maximum absolute atomic E-state index is 11.0. The molecule has 1 aromatic rings. The van der Waals surface area contributed by atoms with Gasteiger partial charge in [0.15, 0.2) is 5.60 Å². The summed E-state index contributed by atoms with van der Waals surface area (Å²) in [6.45, 7) is 6.04. The number of methoxy groups -OCH3 is 1. The highest BCUT2D eigenvalue weighted by molar-refractivity contribution is 5.87. The van der Waals surface area contributed by atoms with Gasteiger partial charge in [0.2, 0.25) is 11.6 Å². The van der Waals surface area contributed by atoms with E-state index in [1.807, 2.05) is 26.8 Å². The minimum Gasteiger partial charge on any atom is -0.476 e. The summed E-state index contributed by atoms with van der Waals surface area (Å²) in [5.74, 6) is 5.56. The van der Waals surface area contributed by atoms with E-state index in [1.54, 1.807) is 19.3 Å². The summed E-state index contributed by atoms with van der Waals surface area (Å²) in [6, 6.07) is 0. The van der Waals surface area contributed by atoms with E-state index >= 15 is 0 Å². The number of nitrogens with one attached hydrogen (secondary N) is 1. The van der Waals surface area contributed by atoms with Gasteiger partial charge in [-0.3, -0.25) is 0 Å². The second-order valence-electron chi connectivity index (χ2n) is 6.16. The number of carbonyl (C=O) groups is 1. The summed E-state index contributed by atoms with van der Waals surface area (Å²) < 4.78 is 11.1. The predicted octanol–water partition coefficient (Wildman–Crippen LogP) is 2.16. The zero-order valence-corrected chi connectivity index (χ0v) is 13.5. The summed E-state index contributed by atoms with van der Waals surface area (Å²) in [5.41, 5.74) is -1.25. The van der Waals surface area contributed by atoms with Crippen LogP contribution in [0.4, 0.5) is 0 Å². The molecule has 0 bridgehead atoms. The molecule has 2 N–H and O–H groups in total. The summed E-state index contributed by atoms with van der Waals surface area (Å²) in [4.78, 5) is 11.0. The molecule has 0 saturated carbocycles. The molecule has 1 aliphatic rings. The molecule has 0 saturated heterocycles. The Balaban J connectivity index is 2.21. The number of aromatic amines is 1. The molecule has 122 valence electrons. The van der Waals surface area contributed by atoms with E-state index in [4.69, 9.17) is 14.6 Å². The predicted molar refractivity (Wildman–Crippen MR) is 82.8 cm³/mol. The lowest BCUT2D eigenvalue weighted by Gasteiger charge is -2.27. The molecule has 7 heteroatoms. The number of carboxylic acid groups (broad SMARTS) is 1. The van der Waals surface area contributed by atoms with E-state index < -0.39 is 11.6 Å². The molecular weight excluding hydrogens is 298 g/mol. The fourth-order valence-electron chi connectivity index (χ4n) is 1.89. The Bertz CT molecular complexity index is 716. The van der Waals surface area contributed by atoms with Crippen LogP contribution in [-0.2, 0) is 4.74 Å². The maximum atomic E-state index is 11.0. The van der Waals surface area contributed by atoms with Crippen molar-refractivity contribution in [3.63, 3.8) is 0 Å². The van der Waals surface area contributed by atoms with Crippen LogP contribution in [0.5, 0.6) is 5.88 Å². The van der Waals surface area contributed by atoms with Crippen molar-refractivity contribution in [3.05, 3.63) is 29.7 Å². The quantitative estimate of drug-likeness (QED) is 0.826. The number of hydrogen-bond donors (Lipinski definition) is 2. The second kappa shape index (κ2) is 6.26. The Morgan fingerprint density at radius 2 is 2.22 bits per heavy atom. The average Bonchev–Trinajstić information content (AvgIpc) is 2.93. The van der Waals surface area contributed by atoms with Gasteiger partial charge in [-0.1, -0.05) is 23.1 Å². The van der Waals surface area contributed by atoms with Crippen molar-refractivity contribution in [2.75, 3.05) is 7.11 Å². The van der Waals surface area contributed by atoms with Gasteiger partial charge >= 0.3 is 5.97 Å². The van der Waals surface area contributed by atoms with E-state index in [9.17, 15) is 4.79 Å². The lowest BCUT2D eigenvalue weighted by Crippen LogP contribution is -2.30. The third-order valence-electron chi connectivity index (χ3n) is 3.05. The summed E-state index contributed by atoms with van der Waals surface area (Å²) >= 11 is 0. The first-order chi connectivity index (χ1) is 10.7. The van der Waals surface area contributed by atoms with Gasteiger partial charge in [0, 0.05) is 12.5 Å². The number of aromatic carboxylic acids is 1. The van der Waals surface area contributed by atoms with Crippen LogP contribution in [0.3, 0.4) is 0 Å². The van der Waals surface area contributed by atoms with E-state index in [2.05, 4.69) is 27.3 Å². The summed E-state index contributed by atoms with van der Waals surface area (Å²) in [5, 5.41) is 18.4. The minimum atomic E-state index is -1.22. The lowest BCUT2D eigenvalue weighted by atomic mass is 9.90. The molecule has 2 rings (SSSR count). The van der Waals surface area contributed by atoms with Crippen molar-refractivity contribution in [2.45, 2.75) is 32.8 Å². The Labute approximate surface area is 134 Å². The number of rotatable bonds is 4. The number of aromatic nitrogens is 3. The Hall–Kier alpha value is -2.59. The van der Waals surface area contributed by atoms with Crippen LogP contribution in [0, 0.1) is 17.3 Å². The van der Waals surface area contributed by atoms with E-state index in [0.29, 0.717) is 12.2 Å². The van der Waals surface area contributed by atoms with Crippen LogP contribution in [0.2, 0.25) is 0 Å². The fraction of sp³-hybridized carbons (Fsp3) is 0.438. The number of ether oxygens (including phenoxy) is 2. The van der Waals surface area contributed by atoms with E-state index in [1.165, 1.54) is 0 Å². The average molecular weight is 317 g/mol. The third kappa shape index (κ3) is 4.20. The first-order valence-electron chi connectivity index (χ1n) is 7.05. The van der Waals surface area contributed by atoms with Gasteiger partial charge < -0.3 is 14.6 Å². The molecule has 0 spiro atoms.